The van der Waals surface area contributed by atoms with E-state index in [1.165, 1.54) is 6.92 Å². The van der Waals surface area contributed by atoms with Crippen LogP contribution in [0.1, 0.15) is 60.5 Å². The van der Waals surface area contributed by atoms with E-state index < -0.39 is 30.0 Å². The van der Waals surface area contributed by atoms with Crippen molar-refractivity contribution in [3.8, 4) is 0 Å². The Balaban J connectivity index is 2.39. The molecule has 0 saturated carbocycles. The number of hydrogen-bond acceptors (Lipinski definition) is 9. The molecule has 2 atom stereocenters. The average Bonchev–Trinajstić information content (AvgIpc) is 3.00. The molecule has 1 aromatic carbocycles. The van der Waals surface area contributed by atoms with Crippen LogP contribution in [0.2, 0.25) is 0 Å². The molecule has 14 nitrogen and oxygen atoms in total. The van der Waals surface area contributed by atoms with Crippen molar-refractivity contribution in [3.63, 3.8) is 0 Å². The van der Waals surface area contributed by atoms with Gasteiger partial charge in [0.1, 0.15) is 18.7 Å². The highest BCUT2D eigenvalue weighted by Crippen LogP contribution is 2.11. The lowest BCUT2D eigenvalue weighted by atomic mass is 10.0. The minimum atomic E-state index is -0.895. The zero-order valence-corrected chi connectivity index (χ0v) is 28.0. The number of anilines is 1. The Morgan fingerprint density at radius 2 is 1.33 bits per heavy atom. The lowest BCUT2D eigenvalue weighted by Crippen LogP contribution is -2.53. The summed E-state index contributed by atoms with van der Waals surface area (Å²) in [6, 6.07) is 4.85. The van der Waals surface area contributed by atoms with Crippen LogP contribution in [-0.4, -0.2) is 87.1 Å². The normalized spacial score (nSPS) is 12.3. The summed E-state index contributed by atoms with van der Waals surface area (Å²) in [4.78, 5) is 72.9. The SMILES string of the molecule is CC(C)C(=O)CNC(=O)OCc1ccc(NC(=O)C(C)NC(=O)C(NC(=O)CCOCCOCCNC(=O)C(C)C)C(C)C)cc1. The highest BCUT2D eigenvalue weighted by atomic mass is 16.5. The van der Waals surface area contributed by atoms with Gasteiger partial charge in [-0.05, 0) is 30.5 Å². The summed E-state index contributed by atoms with van der Waals surface area (Å²) in [5.41, 5.74) is 1.14. The van der Waals surface area contributed by atoms with Crippen LogP contribution in [0.5, 0.6) is 0 Å². The number of benzene rings is 1. The van der Waals surface area contributed by atoms with Crippen LogP contribution >= 0.6 is 0 Å². The predicted octanol–water partition coefficient (Wildman–Crippen LogP) is 1.92. The van der Waals surface area contributed by atoms with Crippen molar-refractivity contribution >= 4 is 41.2 Å². The Morgan fingerprint density at radius 3 is 1.91 bits per heavy atom. The number of Topliss-reactive ketones (excluding diaryl/α,β-unsaturated/α-hetero) is 1. The second kappa shape index (κ2) is 21.7. The van der Waals surface area contributed by atoms with Gasteiger partial charge in [0.05, 0.1) is 33.0 Å². The first kappa shape index (κ1) is 40.0. The van der Waals surface area contributed by atoms with E-state index in [-0.39, 0.29) is 68.1 Å². The maximum atomic E-state index is 12.9. The largest absolute Gasteiger partial charge is 0.445 e. The molecule has 2 unspecified atom stereocenters. The van der Waals surface area contributed by atoms with Crippen LogP contribution in [0, 0.1) is 17.8 Å². The molecular formula is C32H51N5O9. The Labute approximate surface area is 271 Å². The van der Waals surface area contributed by atoms with E-state index in [4.69, 9.17) is 14.2 Å². The van der Waals surface area contributed by atoms with Gasteiger partial charge in [-0.2, -0.15) is 0 Å². The molecule has 0 saturated heterocycles. The summed E-state index contributed by atoms with van der Waals surface area (Å²) in [7, 11) is 0. The van der Waals surface area contributed by atoms with Crippen molar-refractivity contribution in [2.45, 2.75) is 73.6 Å². The molecule has 46 heavy (non-hydrogen) atoms. The van der Waals surface area contributed by atoms with Crippen molar-refractivity contribution < 1.29 is 43.0 Å². The zero-order chi connectivity index (χ0) is 34.6. The summed E-state index contributed by atoms with van der Waals surface area (Å²) >= 11 is 0. The molecule has 1 aromatic rings. The number of carbonyl (C=O) groups excluding carboxylic acids is 6. The quantitative estimate of drug-likeness (QED) is 0.124. The lowest BCUT2D eigenvalue weighted by molar-refractivity contribution is -0.132. The Hall–Kier alpha value is -4.04. The first-order valence-electron chi connectivity index (χ1n) is 15.6. The van der Waals surface area contributed by atoms with E-state index in [9.17, 15) is 28.8 Å². The molecule has 0 bridgehead atoms. The van der Waals surface area contributed by atoms with Gasteiger partial charge in [0.15, 0.2) is 5.78 Å². The number of amides is 5. The maximum absolute atomic E-state index is 12.9. The molecule has 0 aromatic heterocycles. The number of nitrogens with one attached hydrogen (secondary N) is 5. The fourth-order valence-corrected chi connectivity index (χ4v) is 3.58. The standard InChI is InChI=1S/C32H51N5O9/c1-20(2)26(38)18-34-32(43)46-19-24-8-10-25(11-9-24)36-30(41)23(7)35-31(42)28(21(3)4)37-27(39)12-14-44-16-17-45-15-13-33-29(40)22(5)6/h8-11,20-23,28H,12-19H2,1-7H3,(H,33,40)(H,34,43)(H,35,42)(H,36,41)(H,37,39). The lowest BCUT2D eigenvalue weighted by Gasteiger charge is -2.24. The van der Waals surface area contributed by atoms with Crippen LogP contribution in [0.25, 0.3) is 0 Å². The molecular weight excluding hydrogens is 598 g/mol. The maximum Gasteiger partial charge on any atom is 0.407 e. The fraction of sp³-hybridized carbons (Fsp3) is 0.625. The van der Waals surface area contributed by atoms with E-state index in [0.717, 1.165) is 0 Å². The Bertz CT molecular complexity index is 1140. The van der Waals surface area contributed by atoms with Crippen LogP contribution in [0.4, 0.5) is 10.5 Å². The topological polar surface area (TPSA) is 190 Å². The van der Waals surface area contributed by atoms with Crippen LogP contribution in [0.3, 0.4) is 0 Å². The molecule has 0 fully saturated rings. The molecule has 5 amide bonds. The number of alkyl carbamates (subject to hydrolysis) is 1. The highest BCUT2D eigenvalue weighted by Gasteiger charge is 2.27. The van der Waals surface area contributed by atoms with Crippen molar-refractivity contribution in [2.24, 2.45) is 17.8 Å². The van der Waals surface area contributed by atoms with Gasteiger partial charge in [-0.1, -0.05) is 53.7 Å². The summed E-state index contributed by atoms with van der Waals surface area (Å²) in [5, 5.41) is 13.2. The second-order valence-corrected chi connectivity index (χ2v) is 11.7. The molecule has 14 heteroatoms. The van der Waals surface area contributed by atoms with E-state index in [1.54, 1.807) is 52.0 Å². The molecule has 0 radical (unpaired) electrons. The Kier molecular flexibility index (Phi) is 18.8. The van der Waals surface area contributed by atoms with Crippen LogP contribution in [-0.2, 0) is 44.8 Å². The number of carbonyl (C=O) groups is 6. The summed E-state index contributed by atoms with van der Waals surface area (Å²) in [6.45, 7) is 13.6. The smallest absolute Gasteiger partial charge is 0.407 e. The van der Waals surface area contributed by atoms with Crippen LogP contribution in [0.15, 0.2) is 24.3 Å². The van der Waals surface area contributed by atoms with Gasteiger partial charge in [-0.3, -0.25) is 24.0 Å². The van der Waals surface area contributed by atoms with Gasteiger partial charge < -0.3 is 40.8 Å². The zero-order valence-electron chi connectivity index (χ0n) is 28.0. The number of hydrogen-bond donors (Lipinski definition) is 5. The minimum Gasteiger partial charge on any atom is -0.445 e. The third-order valence-corrected chi connectivity index (χ3v) is 6.58. The number of ketones is 1. The molecule has 0 spiro atoms. The summed E-state index contributed by atoms with van der Waals surface area (Å²) < 4.78 is 15.9. The summed E-state index contributed by atoms with van der Waals surface area (Å²) in [6.07, 6.45) is -0.663. The van der Waals surface area contributed by atoms with Gasteiger partial charge in [-0.15, -0.1) is 0 Å². The van der Waals surface area contributed by atoms with Crippen molar-refractivity contribution in [1.82, 2.24) is 21.3 Å². The molecule has 0 aliphatic rings. The number of rotatable bonds is 21. The van der Waals surface area contributed by atoms with E-state index >= 15 is 0 Å². The highest BCUT2D eigenvalue weighted by molar-refractivity contribution is 5.98. The van der Waals surface area contributed by atoms with Crippen molar-refractivity contribution in [3.05, 3.63) is 29.8 Å². The first-order chi connectivity index (χ1) is 21.7. The molecule has 258 valence electrons. The molecule has 0 aliphatic heterocycles. The van der Waals surface area contributed by atoms with Gasteiger partial charge >= 0.3 is 6.09 Å². The third-order valence-electron chi connectivity index (χ3n) is 6.58. The average molecular weight is 650 g/mol. The minimum absolute atomic E-state index is 0.0219. The van der Waals surface area contributed by atoms with E-state index in [2.05, 4.69) is 26.6 Å². The van der Waals surface area contributed by atoms with E-state index in [0.29, 0.717) is 31.0 Å². The summed E-state index contributed by atoms with van der Waals surface area (Å²) in [5.74, 6) is -1.97. The first-order valence-corrected chi connectivity index (χ1v) is 15.6. The molecule has 0 heterocycles. The predicted molar refractivity (Wildman–Crippen MR) is 172 cm³/mol. The van der Waals surface area contributed by atoms with Crippen molar-refractivity contribution in [2.75, 3.05) is 44.8 Å². The monoisotopic (exact) mass is 649 g/mol. The third kappa shape index (κ3) is 16.9. The van der Waals surface area contributed by atoms with Crippen molar-refractivity contribution in [1.29, 1.82) is 0 Å². The van der Waals surface area contributed by atoms with Crippen LogP contribution < -0.4 is 26.6 Å². The molecule has 0 aliphatic carbocycles. The van der Waals surface area contributed by atoms with Gasteiger partial charge in [0.25, 0.3) is 0 Å². The molecule has 1 rings (SSSR count). The fourth-order valence-electron chi connectivity index (χ4n) is 3.58. The number of ether oxygens (including phenoxy) is 3. The molecule has 5 N–H and O–H groups in total. The van der Waals surface area contributed by atoms with Gasteiger partial charge in [-0.25, -0.2) is 4.79 Å². The van der Waals surface area contributed by atoms with E-state index in [1.807, 2.05) is 13.8 Å². The Morgan fingerprint density at radius 1 is 0.696 bits per heavy atom. The second-order valence-electron chi connectivity index (χ2n) is 11.7. The van der Waals surface area contributed by atoms with Gasteiger partial charge in [0, 0.05) is 30.5 Å². The van der Waals surface area contributed by atoms with Gasteiger partial charge in [0.2, 0.25) is 23.6 Å².